The highest BCUT2D eigenvalue weighted by atomic mass is 35.5. The maximum absolute atomic E-state index is 12.6. The maximum Gasteiger partial charge on any atom is 0.339 e. The second kappa shape index (κ2) is 7.31. The summed E-state index contributed by atoms with van der Waals surface area (Å²) in [6.07, 6.45) is 0. The quantitative estimate of drug-likeness (QED) is 0.646. The molecule has 26 heavy (non-hydrogen) atoms. The van der Waals surface area contributed by atoms with Gasteiger partial charge in [0.2, 0.25) is 0 Å². The van der Waals surface area contributed by atoms with E-state index in [0.717, 1.165) is 5.56 Å². The molecule has 0 fully saturated rings. The van der Waals surface area contributed by atoms with Crippen molar-refractivity contribution in [2.75, 3.05) is 12.4 Å². The van der Waals surface area contributed by atoms with E-state index < -0.39 is 5.97 Å². The van der Waals surface area contributed by atoms with Crippen molar-refractivity contribution in [3.8, 4) is 11.3 Å². The number of H-pyrrole nitrogens is 1. The van der Waals surface area contributed by atoms with Crippen LogP contribution in [0.25, 0.3) is 11.3 Å². The number of halogens is 1. The molecular formula is C18H16ClN3O3S. The molecule has 0 bridgehead atoms. The van der Waals surface area contributed by atoms with Crippen molar-refractivity contribution in [1.29, 1.82) is 0 Å². The van der Waals surface area contributed by atoms with E-state index in [4.69, 9.17) is 16.3 Å². The smallest absolute Gasteiger partial charge is 0.339 e. The Hall–Kier alpha value is -2.64. The van der Waals surface area contributed by atoms with Gasteiger partial charge < -0.3 is 9.72 Å². The Morgan fingerprint density at radius 2 is 2.00 bits per heavy atom. The highest BCUT2D eigenvalue weighted by Gasteiger charge is 2.23. The molecule has 2 heterocycles. The molecule has 3 aromatic rings. The third-order valence-electron chi connectivity index (χ3n) is 3.93. The number of carbonyl (C=O) groups is 2. The van der Waals surface area contributed by atoms with Crippen molar-refractivity contribution in [3.05, 3.63) is 57.2 Å². The molecule has 6 nitrogen and oxygen atoms in total. The van der Waals surface area contributed by atoms with Crippen LogP contribution in [0.4, 0.5) is 5.13 Å². The molecule has 2 aromatic heterocycles. The number of thiazole rings is 1. The summed E-state index contributed by atoms with van der Waals surface area (Å²) in [5.74, 6) is -0.855. The number of esters is 1. The van der Waals surface area contributed by atoms with Gasteiger partial charge in [-0.1, -0.05) is 29.8 Å². The zero-order chi connectivity index (χ0) is 18.8. The Kier molecular flexibility index (Phi) is 5.11. The van der Waals surface area contributed by atoms with Gasteiger partial charge in [-0.3, -0.25) is 10.1 Å². The molecule has 2 N–H and O–H groups in total. The van der Waals surface area contributed by atoms with Gasteiger partial charge in [-0.15, -0.1) is 11.3 Å². The third-order valence-corrected chi connectivity index (χ3v) is 5.02. The molecule has 0 radical (unpaired) electrons. The minimum Gasteiger partial charge on any atom is -0.465 e. The highest BCUT2D eigenvalue weighted by molar-refractivity contribution is 7.14. The molecular weight excluding hydrogens is 374 g/mol. The number of rotatable bonds is 4. The lowest BCUT2D eigenvalue weighted by molar-refractivity contribution is 0.0599. The van der Waals surface area contributed by atoms with E-state index in [1.54, 1.807) is 19.9 Å². The first-order chi connectivity index (χ1) is 12.4. The van der Waals surface area contributed by atoms with E-state index in [9.17, 15) is 9.59 Å². The average Bonchev–Trinajstić information content (AvgIpc) is 3.19. The monoisotopic (exact) mass is 389 g/mol. The lowest BCUT2D eigenvalue weighted by Gasteiger charge is -2.02. The summed E-state index contributed by atoms with van der Waals surface area (Å²) in [5.41, 5.74) is 3.27. The van der Waals surface area contributed by atoms with Crippen LogP contribution in [0.1, 0.15) is 32.1 Å². The summed E-state index contributed by atoms with van der Waals surface area (Å²) in [4.78, 5) is 31.8. The van der Waals surface area contributed by atoms with E-state index >= 15 is 0 Å². The molecule has 0 atom stereocenters. The van der Waals surface area contributed by atoms with Gasteiger partial charge in [-0.25, -0.2) is 9.78 Å². The molecule has 0 saturated heterocycles. The van der Waals surface area contributed by atoms with Gasteiger partial charge in [-0.2, -0.15) is 0 Å². The predicted molar refractivity (Wildman–Crippen MR) is 102 cm³/mol. The van der Waals surface area contributed by atoms with Gasteiger partial charge >= 0.3 is 5.97 Å². The Morgan fingerprint density at radius 3 is 2.69 bits per heavy atom. The number of hydrogen-bond acceptors (Lipinski definition) is 5. The van der Waals surface area contributed by atoms with Crippen LogP contribution in [0.15, 0.2) is 29.6 Å². The zero-order valence-corrected chi connectivity index (χ0v) is 15.9. The number of hydrogen-bond donors (Lipinski definition) is 2. The molecule has 8 heteroatoms. The van der Waals surface area contributed by atoms with Crippen molar-refractivity contribution >= 4 is 39.9 Å². The van der Waals surface area contributed by atoms with E-state index in [1.807, 2.05) is 23.6 Å². The molecule has 0 aliphatic rings. The fourth-order valence-corrected chi connectivity index (χ4v) is 3.61. The summed E-state index contributed by atoms with van der Waals surface area (Å²) in [6.45, 7) is 3.41. The summed E-state index contributed by atoms with van der Waals surface area (Å²) in [5, 5.41) is 5.60. The maximum atomic E-state index is 12.6. The number of aromatic amines is 1. The molecule has 0 unspecified atom stereocenters. The van der Waals surface area contributed by atoms with E-state index in [2.05, 4.69) is 15.3 Å². The topological polar surface area (TPSA) is 84.1 Å². The van der Waals surface area contributed by atoms with E-state index in [1.165, 1.54) is 18.4 Å². The van der Waals surface area contributed by atoms with Crippen LogP contribution in [0.3, 0.4) is 0 Å². The van der Waals surface area contributed by atoms with Crippen molar-refractivity contribution < 1.29 is 14.3 Å². The van der Waals surface area contributed by atoms with Crippen molar-refractivity contribution in [2.24, 2.45) is 0 Å². The van der Waals surface area contributed by atoms with Crippen LogP contribution >= 0.6 is 22.9 Å². The van der Waals surface area contributed by atoms with Crippen LogP contribution in [0.2, 0.25) is 5.02 Å². The summed E-state index contributed by atoms with van der Waals surface area (Å²) < 4.78 is 4.76. The van der Waals surface area contributed by atoms with Crippen molar-refractivity contribution in [3.63, 3.8) is 0 Å². The predicted octanol–water partition coefficient (Wildman–Crippen LogP) is 4.45. The minimum absolute atomic E-state index is 0.303. The Labute approximate surface area is 159 Å². The lowest BCUT2D eigenvalue weighted by atomic mass is 10.1. The summed E-state index contributed by atoms with van der Waals surface area (Å²) in [7, 11) is 1.31. The highest BCUT2D eigenvalue weighted by Crippen LogP contribution is 2.30. The lowest BCUT2D eigenvalue weighted by Crippen LogP contribution is -2.14. The van der Waals surface area contributed by atoms with Gasteiger partial charge in [-0.05, 0) is 25.5 Å². The van der Waals surface area contributed by atoms with Gasteiger partial charge in [0.1, 0.15) is 5.69 Å². The second-order valence-corrected chi connectivity index (χ2v) is 6.85. The molecule has 134 valence electrons. The number of amides is 1. The number of benzene rings is 1. The van der Waals surface area contributed by atoms with Crippen LogP contribution in [-0.2, 0) is 4.74 Å². The number of nitrogens with one attached hydrogen (secondary N) is 2. The molecule has 0 aliphatic carbocycles. The second-order valence-electron chi connectivity index (χ2n) is 5.59. The summed E-state index contributed by atoms with van der Waals surface area (Å²) >= 11 is 7.48. The molecule has 0 aliphatic heterocycles. The number of nitrogens with zero attached hydrogens (tertiary/aromatic N) is 1. The molecule has 3 rings (SSSR count). The first kappa shape index (κ1) is 18.2. The number of carbonyl (C=O) groups excluding carboxylic acids is 2. The largest absolute Gasteiger partial charge is 0.465 e. The van der Waals surface area contributed by atoms with Crippen LogP contribution < -0.4 is 5.32 Å². The van der Waals surface area contributed by atoms with Crippen molar-refractivity contribution in [1.82, 2.24) is 9.97 Å². The fraction of sp³-hybridized carbons (Fsp3) is 0.167. The number of ether oxygens (including phenoxy) is 1. The van der Waals surface area contributed by atoms with Gasteiger partial charge in [0.25, 0.3) is 5.91 Å². The first-order valence-corrected chi connectivity index (χ1v) is 8.97. The van der Waals surface area contributed by atoms with E-state index in [-0.39, 0.29) is 5.91 Å². The van der Waals surface area contributed by atoms with Crippen LogP contribution in [0, 0.1) is 13.8 Å². The number of aryl methyl sites for hydroxylation is 1. The van der Waals surface area contributed by atoms with Crippen LogP contribution in [0.5, 0.6) is 0 Å². The standard InChI is InChI=1S/C18H16ClN3O3S/c1-9-14(17(24)25-3)10(2)20-15(9)16(23)22-18-21-13(8-26-18)11-6-4-5-7-12(11)19/h4-8,20H,1-3H3,(H,21,22,23). The van der Waals surface area contributed by atoms with Gasteiger partial charge in [0.05, 0.1) is 18.4 Å². The van der Waals surface area contributed by atoms with E-state index in [0.29, 0.717) is 38.4 Å². The first-order valence-electron chi connectivity index (χ1n) is 7.71. The minimum atomic E-state index is -0.481. The SMILES string of the molecule is COC(=O)c1c(C)[nH]c(C(=O)Nc2nc(-c3ccccc3Cl)cs2)c1C. The van der Waals surface area contributed by atoms with Crippen molar-refractivity contribution in [2.45, 2.75) is 13.8 Å². The molecule has 1 aromatic carbocycles. The van der Waals surface area contributed by atoms with Crippen LogP contribution in [-0.4, -0.2) is 29.0 Å². The zero-order valence-electron chi connectivity index (χ0n) is 14.3. The number of anilines is 1. The van der Waals surface area contributed by atoms with Gasteiger partial charge in [0, 0.05) is 21.7 Å². The Balaban J connectivity index is 1.84. The summed E-state index contributed by atoms with van der Waals surface area (Å²) in [6, 6.07) is 7.37. The molecule has 1 amide bonds. The molecule has 0 spiro atoms. The number of aromatic nitrogens is 2. The average molecular weight is 390 g/mol. The Bertz CT molecular complexity index is 993. The normalized spacial score (nSPS) is 10.6. The Morgan fingerprint density at radius 1 is 1.27 bits per heavy atom. The third kappa shape index (κ3) is 3.36. The molecule has 0 saturated carbocycles. The fourth-order valence-electron chi connectivity index (χ4n) is 2.67. The number of methoxy groups -OCH3 is 1. The van der Waals surface area contributed by atoms with Gasteiger partial charge in [0.15, 0.2) is 5.13 Å².